The van der Waals surface area contributed by atoms with Crippen LogP contribution in [-0.2, 0) is 13.0 Å². The molecule has 0 atom stereocenters. The van der Waals surface area contributed by atoms with Gasteiger partial charge in [0.2, 0.25) is 0 Å². The number of aliphatic imine (C=N–C) groups is 1. The molecule has 0 spiro atoms. The molecule has 7 heteroatoms. The van der Waals surface area contributed by atoms with Crippen LogP contribution in [0.15, 0.2) is 65.8 Å². The number of rotatable bonds is 8. The van der Waals surface area contributed by atoms with Gasteiger partial charge in [-0.05, 0) is 36.6 Å². The molecule has 1 heterocycles. The molecule has 0 unspecified atom stereocenters. The van der Waals surface area contributed by atoms with Crippen molar-refractivity contribution in [3.05, 3.63) is 77.7 Å². The van der Waals surface area contributed by atoms with E-state index in [0.717, 1.165) is 41.6 Å². The maximum absolute atomic E-state index is 12.1. The summed E-state index contributed by atoms with van der Waals surface area (Å²) >= 11 is 0. The van der Waals surface area contributed by atoms with E-state index in [1.54, 1.807) is 19.0 Å². The molecule has 0 saturated heterocycles. The van der Waals surface area contributed by atoms with Crippen LogP contribution in [0.2, 0.25) is 0 Å². The fraction of sp³-hybridized carbons (Fsp3) is 0.292. The first-order chi connectivity index (χ1) is 15.1. The van der Waals surface area contributed by atoms with E-state index >= 15 is 0 Å². The van der Waals surface area contributed by atoms with Crippen LogP contribution in [0.1, 0.15) is 28.7 Å². The van der Waals surface area contributed by atoms with Gasteiger partial charge < -0.3 is 20.5 Å². The van der Waals surface area contributed by atoms with E-state index in [1.807, 2.05) is 67.7 Å². The Morgan fingerprint density at radius 2 is 1.90 bits per heavy atom. The van der Waals surface area contributed by atoms with Crippen LogP contribution in [0.5, 0.6) is 0 Å². The van der Waals surface area contributed by atoms with Gasteiger partial charge >= 0.3 is 0 Å². The number of benzene rings is 2. The van der Waals surface area contributed by atoms with Gasteiger partial charge in [-0.1, -0.05) is 42.5 Å². The second kappa shape index (κ2) is 11.0. The minimum atomic E-state index is 0.0121. The maximum Gasteiger partial charge on any atom is 0.253 e. The Kier molecular flexibility index (Phi) is 7.81. The predicted octanol–water partition coefficient (Wildman–Crippen LogP) is 3.08. The fourth-order valence-corrected chi connectivity index (χ4v) is 3.15. The third-order valence-electron chi connectivity index (χ3n) is 4.73. The van der Waals surface area contributed by atoms with E-state index in [1.165, 1.54) is 0 Å². The SMILES string of the molecule is CCNC(=NCc1ncc(-c2ccccc2)[nH]1)NCCc1cccc(C(=O)N(C)C)c1. The fourth-order valence-electron chi connectivity index (χ4n) is 3.15. The number of hydrogen-bond acceptors (Lipinski definition) is 3. The summed E-state index contributed by atoms with van der Waals surface area (Å²) in [6, 6.07) is 17.9. The number of H-pyrrole nitrogens is 1. The van der Waals surface area contributed by atoms with Crippen molar-refractivity contribution in [2.75, 3.05) is 27.2 Å². The van der Waals surface area contributed by atoms with Crippen molar-refractivity contribution >= 4 is 11.9 Å². The third-order valence-corrected chi connectivity index (χ3v) is 4.73. The number of aromatic nitrogens is 2. The predicted molar refractivity (Wildman–Crippen MR) is 125 cm³/mol. The number of amides is 1. The highest BCUT2D eigenvalue weighted by Gasteiger charge is 2.08. The molecule has 0 aliphatic carbocycles. The highest BCUT2D eigenvalue weighted by atomic mass is 16.2. The zero-order chi connectivity index (χ0) is 22.1. The number of nitrogens with zero attached hydrogens (tertiary/aromatic N) is 3. The first-order valence-electron chi connectivity index (χ1n) is 10.5. The lowest BCUT2D eigenvalue weighted by atomic mass is 10.1. The van der Waals surface area contributed by atoms with E-state index in [0.29, 0.717) is 18.7 Å². The number of imidazole rings is 1. The zero-order valence-corrected chi connectivity index (χ0v) is 18.4. The van der Waals surface area contributed by atoms with E-state index in [2.05, 4.69) is 25.6 Å². The smallest absolute Gasteiger partial charge is 0.253 e. The largest absolute Gasteiger partial charge is 0.357 e. The maximum atomic E-state index is 12.1. The molecular weight excluding hydrogens is 388 g/mol. The summed E-state index contributed by atoms with van der Waals surface area (Å²) in [6.07, 6.45) is 2.63. The number of carbonyl (C=O) groups is 1. The number of aromatic amines is 1. The Bertz CT molecular complexity index is 1010. The van der Waals surface area contributed by atoms with Gasteiger partial charge in [0.05, 0.1) is 11.9 Å². The average molecular weight is 419 g/mol. The van der Waals surface area contributed by atoms with Crippen LogP contribution in [0.3, 0.4) is 0 Å². The normalized spacial score (nSPS) is 11.3. The highest BCUT2D eigenvalue weighted by molar-refractivity contribution is 5.94. The second-order valence-electron chi connectivity index (χ2n) is 7.38. The Hall–Kier alpha value is -3.61. The standard InChI is InChI=1S/C24H30N6O/c1-4-25-24(26-14-13-18-9-8-12-20(15-18)23(31)30(2)3)28-17-22-27-16-21(29-22)19-10-6-5-7-11-19/h5-12,15-16H,4,13-14,17H2,1-3H3,(H,27,29)(H2,25,26,28). The van der Waals surface area contributed by atoms with Crippen LogP contribution < -0.4 is 10.6 Å². The molecule has 0 saturated carbocycles. The van der Waals surface area contributed by atoms with Gasteiger partial charge in [-0.2, -0.15) is 0 Å². The molecule has 1 amide bonds. The summed E-state index contributed by atoms with van der Waals surface area (Å²) in [5, 5.41) is 6.61. The van der Waals surface area contributed by atoms with E-state index < -0.39 is 0 Å². The molecule has 0 fully saturated rings. The minimum Gasteiger partial charge on any atom is -0.357 e. The van der Waals surface area contributed by atoms with E-state index in [4.69, 9.17) is 0 Å². The lowest BCUT2D eigenvalue weighted by Gasteiger charge is -2.13. The highest BCUT2D eigenvalue weighted by Crippen LogP contribution is 2.16. The van der Waals surface area contributed by atoms with Crippen molar-refractivity contribution in [1.82, 2.24) is 25.5 Å². The number of carbonyl (C=O) groups excluding carboxylic acids is 1. The summed E-state index contributed by atoms with van der Waals surface area (Å²) in [5.41, 5.74) is 3.89. The van der Waals surface area contributed by atoms with Gasteiger partial charge in [0.25, 0.3) is 5.91 Å². The molecule has 2 aromatic carbocycles. The minimum absolute atomic E-state index is 0.0121. The number of guanidine groups is 1. The second-order valence-corrected chi connectivity index (χ2v) is 7.38. The average Bonchev–Trinajstić information content (AvgIpc) is 3.27. The van der Waals surface area contributed by atoms with Crippen molar-refractivity contribution in [2.24, 2.45) is 4.99 Å². The summed E-state index contributed by atoms with van der Waals surface area (Å²) in [4.78, 5) is 26.1. The molecule has 3 N–H and O–H groups in total. The Morgan fingerprint density at radius 3 is 2.65 bits per heavy atom. The van der Waals surface area contributed by atoms with E-state index in [-0.39, 0.29) is 5.91 Å². The summed E-state index contributed by atoms with van der Waals surface area (Å²) in [5.74, 6) is 1.56. The van der Waals surface area contributed by atoms with Crippen LogP contribution >= 0.6 is 0 Å². The van der Waals surface area contributed by atoms with Gasteiger partial charge in [-0.25, -0.2) is 9.98 Å². The Labute approximate surface area is 183 Å². The van der Waals surface area contributed by atoms with Crippen LogP contribution in [0.25, 0.3) is 11.3 Å². The summed E-state index contributed by atoms with van der Waals surface area (Å²) in [7, 11) is 3.52. The van der Waals surface area contributed by atoms with Crippen LogP contribution in [0, 0.1) is 0 Å². The molecule has 0 radical (unpaired) electrons. The molecule has 31 heavy (non-hydrogen) atoms. The first-order valence-corrected chi connectivity index (χ1v) is 10.5. The molecule has 0 aliphatic rings. The lowest BCUT2D eigenvalue weighted by Crippen LogP contribution is -2.38. The van der Waals surface area contributed by atoms with Gasteiger partial charge in [0.15, 0.2) is 5.96 Å². The molecular formula is C24H30N6O. The topological polar surface area (TPSA) is 85.4 Å². The third kappa shape index (κ3) is 6.44. The summed E-state index contributed by atoms with van der Waals surface area (Å²) in [6.45, 7) is 3.97. The molecule has 3 rings (SSSR count). The molecule has 1 aromatic heterocycles. The number of hydrogen-bond donors (Lipinski definition) is 3. The van der Waals surface area contributed by atoms with Gasteiger partial charge in [-0.15, -0.1) is 0 Å². The van der Waals surface area contributed by atoms with Crippen molar-refractivity contribution in [1.29, 1.82) is 0 Å². The molecule has 162 valence electrons. The molecule has 0 bridgehead atoms. The lowest BCUT2D eigenvalue weighted by molar-refractivity contribution is 0.0827. The quantitative estimate of drug-likeness (QED) is 0.388. The monoisotopic (exact) mass is 418 g/mol. The van der Waals surface area contributed by atoms with Crippen molar-refractivity contribution in [2.45, 2.75) is 19.9 Å². The Balaban J connectivity index is 1.57. The number of nitrogens with one attached hydrogen (secondary N) is 3. The van der Waals surface area contributed by atoms with Crippen LogP contribution in [0.4, 0.5) is 0 Å². The van der Waals surface area contributed by atoms with Crippen molar-refractivity contribution in [3.8, 4) is 11.3 Å². The van der Waals surface area contributed by atoms with Gasteiger partial charge in [0.1, 0.15) is 12.4 Å². The van der Waals surface area contributed by atoms with E-state index in [9.17, 15) is 4.79 Å². The van der Waals surface area contributed by atoms with Gasteiger partial charge in [0, 0.05) is 32.7 Å². The molecule has 7 nitrogen and oxygen atoms in total. The van der Waals surface area contributed by atoms with Crippen LogP contribution in [-0.4, -0.2) is 53.9 Å². The molecule has 3 aromatic rings. The van der Waals surface area contributed by atoms with Crippen molar-refractivity contribution < 1.29 is 4.79 Å². The first kappa shape index (κ1) is 22.1. The Morgan fingerprint density at radius 1 is 1.10 bits per heavy atom. The zero-order valence-electron chi connectivity index (χ0n) is 18.4. The van der Waals surface area contributed by atoms with Gasteiger partial charge in [-0.3, -0.25) is 4.79 Å². The molecule has 0 aliphatic heterocycles. The van der Waals surface area contributed by atoms with Crippen molar-refractivity contribution in [3.63, 3.8) is 0 Å². The summed E-state index contributed by atoms with van der Waals surface area (Å²) < 4.78 is 0.